The normalized spacial score (nSPS) is 37.6. The molecule has 3 saturated carbocycles. The van der Waals surface area contributed by atoms with Gasteiger partial charge < -0.3 is 5.32 Å². The minimum Gasteiger partial charge on any atom is -0.353 e. The molecule has 106 valence electrons. The monoisotopic (exact) mass is 261 g/mol. The Morgan fingerprint density at radius 2 is 1.89 bits per heavy atom. The predicted octanol–water partition coefficient (Wildman–Crippen LogP) is 3.82. The van der Waals surface area contributed by atoms with Crippen molar-refractivity contribution in [2.45, 2.75) is 71.3 Å². The second-order valence-electron chi connectivity index (χ2n) is 7.53. The molecule has 0 heterocycles. The van der Waals surface area contributed by atoms with Crippen LogP contribution in [0.25, 0.3) is 0 Å². The van der Waals surface area contributed by atoms with Crippen molar-refractivity contribution >= 4 is 5.91 Å². The van der Waals surface area contributed by atoms with Gasteiger partial charge in [0.1, 0.15) is 0 Å². The Morgan fingerprint density at radius 1 is 1.21 bits per heavy atom. The van der Waals surface area contributed by atoms with Crippen LogP contribution in [0.4, 0.5) is 0 Å². The first-order valence-electron chi connectivity index (χ1n) is 7.98. The van der Waals surface area contributed by atoms with Crippen molar-refractivity contribution in [1.29, 1.82) is 0 Å². The molecule has 2 heteroatoms. The molecule has 2 atom stereocenters. The van der Waals surface area contributed by atoms with Gasteiger partial charge in [0.2, 0.25) is 5.91 Å². The molecular formula is C17H27NO. The molecule has 2 nitrogen and oxygen atoms in total. The van der Waals surface area contributed by atoms with Crippen molar-refractivity contribution in [1.82, 2.24) is 5.32 Å². The van der Waals surface area contributed by atoms with Gasteiger partial charge in [0, 0.05) is 6.04 Å². The van der Waals surface area contributed by atoms with Crippen LogP contribution in [0.3, 0.4) is 0 Å². The lowest BCUT2D eigenvalue weighted by Gasteiger charge is -2.38. The maximum atomic E-state index is 12.8. The largest absolute Gasteiger partial charge is 0.353 e. The van der Waals surface area contributed by atoms with Crippen LogP contribution in [-0.2, 0) is 4.79 Å². The summed E-state index contributed by atoms with van der Waals surface area (Å²) in [5, 5.41) is 3.35. The van der Waals surface area contributed by atoms with E-state index in [2.05, 4.69) is 25.7 Å². The smallest absolute Gasteiger partial charge is 0.230 e. The Bertz CT molecular complexity index is 405. The fraction of sp³-hybridized carbons (Fsp3) is 0.824. The maximum absolute atomic E-state index is 12.8. The highest BCUT2D eigenvalue weighted by Crippen LogP contribution is 2.65. The van der Waals surface area contributed by atoms with E-state index < -0.39 is 0 Å². The van der Waals surface area contributed by atoms with Gasteiger partial charge in [-0.3, -0.25) is 4.79 Å². The minimum absolute atomic E-state index is 0.155. The van der Waals surface area contributed by atoms with Gasteiger partial charge in [0.15, 0.2) is 0 Å². The molecule has 0 aliphatic heterocycles. The summed E-state index contributed by atoms with van der Waals surface area (Å²) in [5.41, 5.74) is 1.12. The van der Waals surface area contributed by atoms with Gasteiger partial charge in [-0.2, -0.15) is 0 Å². The average molecular weight is 261 g/mol. The van der Waals surface area contributed by atoms with Crippen molar-refractivity contribution in [3.05, 3.63) is 12.2 Å². The van der Waals surface area contributed by atoms with E-state index in [1.165, 1.54) is 44.1 Å². The molecule has 0 aromatic heterocycles. The third kappa shape index (κ3) is 1.86. The highest BCUT2D eigenvalue weighted by Gasteiger charge is 2.60. The number of rotatable bonds is 2. The van der Waals surface area contributed by atoms with Gasteiger partial charge in [-0.15, -0.1) is 0 Å². The maximum Gasteiger partial charge on any atom is 0.230 e. The summed E-state index contributed by atoms with van der Waals surface area (Å²) in [6.07, 6.45) is 9.47. The van der Waals surface area contributed by atoms with E-state index in [1.54, 1.807) is 0 Å². The van der Waals surface area contributed by atoms with Crippen LogP contribution in [0.1, 0.15) is 65.2 Å². The predicted molar refractivity (Wildman–Crippen MR) is 77.7 cm³/mol. The van der Waals surface area contributed by atoms with Crippen molar-refractivity contribution in [3.8, 4) is 0 Å². The first-order chi connectivity index (χ1) is 8.97. The van der Waals surface area contributed by atoms with Crippen LogP contribution >= 0.6 is 0 Å². The molecule has 3 fully saturated rings. The lowest BCUT2D eigenvalue weighted by Crippen LogP contribution is -2.46. The number of nitrogens with one attached hydrogen (secondary N) is 1. The van der Waals surface area contributed by atoms with Crippen molar-refractivity contribution in [2.75, 3.05) is 0 Å². The molecular weight excluding hydrogens is 234 g/mol. The van der Waals surface area contributed by atoms with Gasteiger partial charge in [-0.1, -0.05) is 45.3 Å². The lowest BCUT2D eigenvalue weighted by atomic mass is 9.68. The van der Waals surface area contributed by atoms with Gasteiger partial charge >= 0.3 is 0 Å². The van der Waals surface area contributed by atoms with Crippen molar-refractivity contribution in [2.24, 2.45) is 16.7 Å². The molecule has 0 radical (unpaired) electrons. The van der Waals surface area contributed by atoms with E-state index in [-0.39, 0.29) is 16.7 Å². The molecule has 2 bridgehead atoms. The Labute approximate surface area is 117 Å². The van der Waals surface area contributed by atoms with Gasteiger partial charge in [-0.05, 0) is 43.4 Å². The molecule has 19 heavy (non-hydrogen) atoms. The Kier molecular flexibility index (Phi) is 3.03. The molecule has 3 aliphatic rings. The first kappa shape index (κ1) is 13.2. The summed E-state index contributed by atoms with van der Waals surface area (Å²) in [6.45, 7) is 8.86. The van der Waals surface area contributed by atoms with E-state index in [0.29, 0.717) is 12.0 Å². The molecule has 0 spiro atoms. The zero-order valence-electron chi connectivity index (χ0n) is 12.4. The molecule has 0 unspecified atom stereocenters. The zero-order chi connectivity index (χ0) is 13.7. The second-order valence-corrected chi connectivity index (χ2v) is 7.53. The van der Waals surface area contributed by atoms with Crippen LogP contribution in [0.2, 0.25) is 0 Å². The topological polar surface area (TPSA) is 29.1 Å². The minimum atomic E-state index is -0.231. The average Bonchev–Trinajstić information content (AvgIpc) is 2.91. The summed E-state index contributed by atoms with van der Waals surface area (Å²) in [4.78, 5) is 12.8. The zero-order valence-corrected chi connectivity index (χ0v) is 12.4. The van der Waals surface area contributed by atoms with Gasteiger partial charge in [0.05, 0.1) is 5.41 Å². The third-order valence-electron chi connectivity index (χ3n) is 6.27. The van der Waals surface area contributed by atoms with E-state index in [0.717, 1.165) is 12.8 Å². The van der Waals surface area contributed by atoms with Crippen molar-refractivity contribution in [3.63, 3.8) is 0 Å². The van der Waals surface area contributed by atoms with Crippen LogP contribution in [0, 0.1) is 16.7 Å². The lowest BCUT2D eigenvalue weighted by molar-refractivity contribution is -0.129. The van der Waals surface area contributed by atoms with E-state index in [1.807, 2.05) is 0 Å². The third-order valence-corrected chi connectivity index (χ3v) is 6.27. The summed E-state index contributed by atoms with van der Waals surface area (Å²) in [5.74, 6) is 0.953. The van der Waals surface area contributed by atoms with E-state index in [4.69, 9.17) is 0 Å². The number of hydrogen-bond acceptors (Lipinski definition) is 1. The molecule has 1 N–H and O–H groups in total. The number of carbonyl (C=O) groups excluding carboxylic acids is 1. The number of amides is 1. The first-order valence-corrected chi connectivity index (χ1v) is 7.98. The summed E-state index contributed by atoms with van der Waals surface area (Å²) < 4.78 is 0. The molecule has 0 saturated heterocycles. The fourth-order valence-electron chi connectivity index (χ4n) is 4.71. The van der Waals surface area contributed by atoms with Crippen LogP contribution in [0.15, 0.2) is 12.2 Å². The molecule has 1 amide bonds. The Hall–Kier alpha value is -0.790. The SMILES string of the molecule is C=C1C(C)(C)[C@H]2CC[C@@]1(C(=O)NC1CCCCC1)C2. The van der Waals surface area contributed by atoms with Crippen LogP contribution < -0.4 is 5.32 Å². The van der Waals surface area contributed by atoms with Crippen LogP contribution in [-0.4, -0.2) is 11.9 Å². The van der Waals surface area contributed by atoms with Crippen LogP contribution in [0.5, 0.6) is 0 Å². The van der Waals surface area contributed by atoms with E-state index in [9.17, 15) is 4.79 Å². The highest BCUT2D eigenvalue weighted by molar-refractivity contribution is 5.87. The Morgan fingerprint density at radius 3 is 2.47 bits per heavy atom. The number of carbonyl (C=O) groups is 1. The van der Waals surface area contributed by atoms with E-state index >= 15 is 0 Å². The summed E-state index contributed by atoms with van der Waals surface area (Å²) >= 11 is 0. The summed E-state index contributed by atoms with van der Waals surface area (Å²) in [6, 6.07) is 0.422. The number of hydrogen-bond donors (Lipinski definition) is 1. The molecule has 3 aliphatic carbocycles. The molecule has 0 aromatic rings. The van der Waals surface area contributed by atoms with Crippen molar-refractivity contribution < 1.29 is 4.79 Å². The number of fused-ring (bicyclic) bond motifs is 2. The standard InChI is InChI=1S/C17H27NO/c1-12-16(2,3)13-9-10-17(12,11-13)15(19)18-14-7-5-4-6-8-14/h13-14H,1,4-11H2,2-3H3,(H,18,19)/t13-,17+/m0/s1. The molecule has 0 aromatic carbocycles. The van der Waals surface area contributed by atoms with Gasteiger partial charge in [0.25, 0.3) is 0 Å². The molecule has 3 rings (SSSR count). The summed E-state index contributed by atoms with van der Waals surface area (Å²) in [7, 11) is 0. The highest BCUT2D eigenvalue weighted by atomic mass is 16.2. The fourth-order valence-corrected chi connectivity index (χ4v) is 4.71. The quantitative estimate of drug-likeness (QED) is 0.752. The van der Waals surface area contributed by atoms with Gasteiger partial charge in [-0.25, -0.2) is 0 Å². The second kappa shape index (κ2) is 4.36. The Balaban J connectivity index is 1.74.